The minimum absolute atomic E-state index is 0.0928. The number of hydrogen-bond acceptors (Lipinski definition) is 8. The van der Waals surface area contributed by atoms with Crippen LogP contribution in [0.15, 0.2) is 62.7 Å². The Morgan fingerprint density at radius 1 is 0.970 bits per heavy atom. The van der Waals surface area contributed by atoms with Crippen molar-refractivity contribution in [1.29, 1.82) is 0 Å². The number of benzene rings is 2. The first-order valence-electron chi connectivity index (χ1n) is 10.0. The predicted molar refractivity (Wildman–Crippen MR) is 122 cm³/mol. The van der Waals surface area contributed by atoms with Crippen LogP contribution in [0.4, 0.5) is 6.01 Å². The van der Waals surface area contributed by atoms with E-state index < -0.39 is 25.8 Å². The summed E-state index contributed by atoms with van der Waals surface area (Å²) in [7, 11) is -5.44. The molecule has 12 heteroatoms. The Balaban J connectivity index is 1.69. The second kappa shape index (κ2) is 9.81. The summed E-state index contributed by atoms with van der Waals surface area (Å²) < 4.78 is 55.0. The highest BCUT2D eigenvalue weighted by Gasteiger charge is 2.21. The number of carbonyl (C=O) groups excluding carboxylic acids is 1. The molecule has 1 N–H and O–H groups in total. The Labute approximate surface area is 192 Å². The number of anilines is 1. The lowest BCUT2D eigenvalue weighted by atomic mass is 10.2. The Bertz CT molecular complexity index is 1330. The third-order valence-electron chi connectivity index (χ3n) is 4.83. The molecule has 0 aliphatic carbocycles. The number of aromatic nitrogens is 2. The molecular formula is C21H24N4O6S2. The molecule has 1 amide bonds. The number of amides is 1. The molecule has 1 heterocycles. The van der Waals surface area contributed by atoms with E-state index in [9.17, 15) is 21.6 Å². The molecule has 0 bridgehead atoms. The largest absolute Gasteiger partial charge is 0.403 e. The highest BCUT2D eigenvalue weighted by atomic mass is 32.2. The summed E-state index contributed by atoms with van der Waals surface area (Å²) in [5.41, 5.74) is 0.694. The zero-order valence-electron chi connectivity index (χ0n) is 18.3. The molecule has 0 unspecified atom stereocenters. The minimum Gasteiger partial charge on any atom is -0.403 e. The first kappa shape index (κ1) is 24.6. The van der Waals surface area contributed by atoms with Gasteiger partial charge in [-0.2, -0.15) is 0 Å². The smallest absolute Gasteiger partial charge is 0.322 e. The van der Waals surface area contributed by atoms with E-state index >= 15 is 0 Å². The second-order valence-electron chi connectivity index (χ2n) is 7.37. The van der Waals surface area contributed by atoms with Gasteiger partial charge in [-0.15, -0.1) is 5.10 Å². The van der Waals surface area contributed by atoms with Gasteiger partial charge in [-0.1, -0.05) is 18.4 Å². The lowest BCUT2D eigenvalue weighted by Crippen LogP contribution is -2.28. The van der Waals surface area contributed by atoms with Gasteiger partial charge in [0.15, 0.2) is 9.84 Å². The molecule has 3 rings (SSSR count). The van der Waals surface area contributed by atoms with Crippen molar-refractivity contribution in [3.63, 3.8) is 0 Å². The third kappa shape index (κ3) is 5.83. The van der Waals surface area contributed by atoms with Gasteiger partial charge in [0.25, 0.3) is 5.91 Å². The quantitative estimate of drug-likeness (QED) is 0.481. The zero-order chi connectivity index (χ0) is 24.2. The van der Waals surface area contributed by atoms with E-state index in [1.54, 1.807) is 0 Å². The normalized spacial score (nSPS) is 12.1. The SMILES string of the molecule is CCCCN(C)S(=O)(=O)c1ccc(C(=O)Nc2nnc(-c3ccc(S(C)(=O)=O)cc3)o2)cc1. The third-order valence-corrected chi connectivity index (χ3v) is 7.83. The fraction of sp³-hybridized carbons (Fsp3) is 0.286. The second-order valence-corrected chi connectivity index (χ2v) is 11.4. The first-order valence-corrected chi connectivity index (χ1v) is 13.4. The molecule has 2 aromatic carbocycles. The van der Waals surface area contributed by atoms with Crippen LogP contribution >= 0.6 is 0 Å². The maximum Gasteiger partial charge on any atom is 0.322 e. The molecule has 0 atom stereocenters. The fourth-order valence-corrected chi connectivity index (χ4v) is 4.70. The maximum atomic E-state index is 12.6. The van der Waals surface area contributed by atoms with Gasteiger partial charge in [-0.25, -0.2) is 21.1 Å². The van der Waals surface area contributed by atoms with Gasteiger partial charge in [0.2, 0.25) is 15.9 Å². The van der Waals surface area contributed by atoms with Gasteiger partial charge in [0.05, 0.1) is 9.79 Å². The minimum atomic E-state index is -3.63. The zero-order valence-corrected chi connectivity index (χ0v) is 20.0. The summed E-state index contributed by atoms with van der Waals surface area (Å²) in [5, 5.41) is 10.1. The van der Waals surface area contributed by atoms with Crippen molar-refractivity contribution >= 4 is 31.8 Å². The van der Waals surface area contributed by atoms with Crippen LogP contribution in [0.2, 0.25) is 0 Å². The predicted octanol–water partition coefficient (Wildman–Crippen LogP) is 2.81. The summed E-state index contributed by atoms with van der Waals surface area (Å²) >= 11 is 0. The molecule has 0 fully saturated rings. The van der Waals surface area contributed by atoms with Crippen LogP contribution < -0.4 is 5.32 Å². The Hall–Kier alpha value is -3.09. The number of hydrogen-bond donors (Lipinski definition) is 1. The van der Waals surface area contributed by atoms with Crippen LogP contribution in [-0.2, 0) is 19.9 Å². The molecule has 0 radical (unpaired) electrons. The molecule has 0 saturated carbocycles. The van der Waals surface area contributed by atoms with Crippen molar-refractivity contribution in [3.8, 4) is 11.5 Å². The van der Waals surface area contributed by atoms with Crippen LogP contribution in [0.25, 0.3) is 11.5 Å². The number of carbonyl (C=O) groups is 1. The lowest BCUT2D eigenvalue weighted by Gasteiger charge is -2.16. The van der Waals surface area contributed by atoms with E-state index in [2.05, 4.69) is 15.5 Å². The van der Waals surface area contributed by atoms with Crippen LogP contribution in [0, 0.1) is 0 Å². The van der Waals surface area contributed by atoms with Gasteiger partial charge in [-0.05, 0) is 55.0 Å². The number of unbranched alkanes of at least 4 members (excludes halogenated alkanes) is 1. The molecule has 3 aromatic rings. The summed E-state index contributed by atoms with van der Waals surface area (Å²) in [5.74, 6) is -0.456. The molecule has 1 aromatic heterocycles. The van der Waals surface area contributed by atoms with Gasteiger partial charge in [0, 0.05) is 31.0 Å². The van der Waals surface area contributed by atoms with E-state index in [0.717, 1.165) is 19.1 Å². The Morgan fingerprint density at radius 3 is 2.15 bits per heavy atom. The molecule has 33 heavy (non-hydrogen) atoms. The average molecular weight is 493 g/mol. The van der Waals surface area contributed by atoms with Crippen LogP contribution in [0.1, 0.15) is 30.1 Å². The summed E-state index contributed by atoms with van der Waals surface area (Å²) in [4.78, 5) is 12.7. The first-order chi connectivity index (χ1) is 15.5. The number of nitrogens with zero attached hydrogens (tertiary/aromatic N) is 3. The highest BCUT2D eigenvalue weighted by Crippen LogP contribution is 2.22. The lowest BCUT2D eigenvalue weighted by molar-refractivity contribution is 0.102. The summed E-state index contributed by atoms with van der Waals surface area (Å²) in [6.07, 6.45) is 2.74. The average Bonchev–Trinajstić information content (AvgIpc) is 3.25. The molecular weight excluding hydrogens is 468 g/mol. The number of sulfone groups is 1. The molecule has 0 spiro atoms. The summed E-state index contributed by atoms with van der Waals surface area (Å²) in [6.45, 7) is 2.40. The van der Waals surface area contributed by atoms with E-state index in [0.29, 0.717) is 12.1 Å². The van der Waals surface area contributed by atoms with E-state index in [4.69, 9.17) is 4.42 Å². The van der Waals surface area contributed by atoms with Gasteiger partial charge in [-0.3, -0.25) is 10.1 Å². The molecule has 0 saturated heterocycles. The Morgan fingerprint density at radius 2 is 1.58 bits per heavy atom. The van der Waals surface area contributed by atoms with Crippen LogP contribution in [0.5, 0.6) is 0 Å². The Kier molecular flexibility index (Phi) is 7.30. The van der Waals surface area contributed by atoms with Crippen molar-refractivity contribution in [2.24, 2.45) is 0 Å². The molecule has 0 aliphatic rings. The summed E-state index contributed by atoms with van der Waals surface area (Å²) in [6, 6.07) is 11.3. The van der Waals surface area contributed by atoms with Gasteiger partial charge < -0.3 is 4.42 Å². The monoisotopic (exact) mass is 492 g/mol. The van der Waals surface area contributed by atoms with Crippen LogP contribution in [-0.4, -0.2) is 57.1 Å². The van der Waals surface area contributed by atoms with Crippen molar-refractivity contribution < 1.29 is 26.0 Å². The van der Waals surface area contributed by atoms with Gasteiger partial charge >= 0.3 is 6.01 Å². The van der Waals surface area contributed by atoms with Crippen molar-refractivity contribution in [2.45, 2.75) is 29.6 Å². The van der Waals surface area contributed by atoms with Crippen LogP contribution in [0.3, 0.4) is 0 Å². The number of nitrogens with one attached hydrogen (secondary N) is 1. The molecule has 176 valence electrons. The van der Waals surface area contributed by atoms with E-state index in [-0.39, 0.29) is 27.3 Å². The van der Waals surface area contributed by atoms with E-state index in [1.807, 2.05) is 6.92 Å². The highest BCUT2D eigenvalue weighted by molar-refractivity contribution is 7.90. The van der Waals surface area contributed by atoms with Gasteiger partial charge in [0.1, 0.15) is 0 Å². The molecule has 0 aliphatic heterocycles. The molecule has 10 nitrogen and oxygen atoms in total. The maximum absolute atomic E-state index is 12.6. The fourth-order valence-electron chi connectivity index (χ4n) is 2.86. The van der Waals surface area contributed by atoms with Crippen molar-refractivity contribution in [3.05, 3.63) is 54.1 Å². The van der Waals surface area contributed by atoms with E-state index in [1.165, 1.54) is 59.9 Å². The van der Waals surface area contributed by atoms with Crippen molar-refractivity contribution in [2.75, 3.05) is 25.2 Å². The van der Waals surface area contributed by atoms with Crippen molar-refractivity contribution in [1.82, 2.24) is 14.5 Å². The number of sulfonamides is 1. The standard InChI is InChI=1S/C21H24N4O6S2/c1-4-5-14-25(2)33(29,30)18-12-6-15(7-13-18)19(26)22-21-24-23-20(31-21)16-8-10-17(11-9-16)32(3,27)28/h6-13H,4-5,14H2,1-3H3,(H,22,24,26). The topological polar surface area (TPSA) is 140 Å². The number of rotatable bonds is 9.